The van der Waals surface area contributed by atoms with Gasteiger partial charge in [-0.2, -0.15) is 0 Å². The van der Waals surface area contributed by atoms with Crippen LogP contribution in [0, 0.1) is 0 Å². The predicted molar refractivity (Wildman–Crippen MR) is 84.0 cm³/mol. The molecule has 4 heteroatoms. The number of alkyl halides is 1. The molecule has 2 unspecified atom stereocenters. The molecule has 1 aromatic rings. The van der Waals surface area contributed by atoms with Gasteiger partial charge in [-0.15, -0.1) is 0 Å². The molecule has 1 aromatic carbocycles. The second-order valence-corrected chi connectivity index (χ2v) is 6.25. The molecule has 1 aliphatic rings. The van der Waals surface area contributed by atoms with Crippen molar-refractivity contribution in [2.45, 2.75) is 43.0 Å². The molecule has 1 saturated heterocycles. The molecule has 0 amide bonds. The van der Waals surface area contributed by atoms with Gasteiger partial charge in [-0.1, -0.05) is 22.0 Å². The van der Waals surface area contributed by atoms with Crippen LogP contribution in [0.25, 0.3) is 0 Å². The minimum Gasteiger partial charge on any atom is -0.493 e. The average Bonchev–Trinajstić information content (AvgIpc) is 2.52. The van der Waals surface area contributed by atoms with Crippen LogP contribution < -0.4 is 9.47 Å². The summed E-state index contributed by atoms with van der Waals surface area (Å²) in [6, 6.07) is 6.09. The number of rotatable bonds is 6. The van der Waals surface area contributed by atoms with Gasteiger partial charge in [-0.25, -0.2) is 0 Å². The van der Waals surface area contributed by atoms with Crippen LogP contribution in [-0.2, 0) is 4.74 Å². The van der Waals surface area contributed by atoms with Crippen molar-refractivity contribution < 1.29 is 14.2 Å². The van der Waals surface area contributed by atoms with Crippen molar-refractivity contribution in [2.75, 3.05) is 20.8 Å². The molecule has 1 aliphatic heterocycles. The number of ether oxygens (including phenoxy) is 3. The molecule has 0 N–H and O–H groups in total. The third-order valence-corrected chi connectivity index (χ3v) is 4.77. The predicted octanol–water partition coefficient (Wildman–Crippen LogP) is 4.49. The molecule has 0 aromatic heterocycles. The van der Waals surface area contributed by atoms with Crippen molar-refractivity contribution >= 4 is 15.9 Å². The fourth-order valence-electron chi connectivity index (χ4n) is 2.58. The van der Waals surface area contributed by atoms with Gasteiger partial charge in [0.05, 0.1) is 20.3 Å². The molecule has 20 heavy (non-hydrogen) atoms. The van der Waals surface area contributed by atoms with E-state index < -0.39 is 0 Å². The fraction of sp³-hybridized carbons (Fsp3) is 0.625. The van der Waals surface area contributed by atoms with E-state index in [1.807, 2.05) is 12.1 Å². The molecular formula is C16H23BrO3. The van der Waals surface area contributed by atoms with Gasteiger partial charge in [0, 0.05) is 11.4 Å². The molecule has 2 rings (SSSR count). The molecule has 0 spiro atoms. The summed E-state index contributed by atoms with van der Waals surface area (Å²) in [7, 11) is 3.32. The van der Waals surface area contributed by atoms with E-state index in [1.165, 1.54) is 24.8 Å². The smallest absolute Gasteiger partial charge is 0.161 e. The maximum atomic E-state index is 5.78. The summed E-state index contributed by atoms with van der Waals surface area (Å²) in [5, 5.41) is 0. The van der Waals surface area contributed by atoms with Crippen molar-refractivity contribution in [1.82, 2.24) is 0 Å². The van der Waals surface area contributed by atoms with E-state index in [0.29, 0.717) is 10.9 Å². The van der Waals surface area contributed by atoms with Crippen LogP contribution in [0.2, 0.25) is 0 Å². The molecule has 2 atom stereocenters. The largest absolute Gasteiger partial charge is 0.493 e. The number of hydrogen-bond acceptors (Lipinski definition) is 3. The second kappa shape index (κ2) is 7.89. The molecular weight excluding hydrogens is 320 g/mol. The molecule has 0 saturated carbocycles. The third-order valence-electron chi connectivity index (χ3n) is 3.79. The molecule has 112 valence electrons. The Morgan fingerprint density at radius 2 is 2.05 bits per heavy atom. The third kappa shape index (κ3) is 4.13. The standard InChI is InChI=1S/C16H23BrO3/c1-18-15-9-6-12(11-16(15)19-2)14(17)8-7-13-5-3-4-10-20-13/h6,9,11,13-14H,3-5,7-8,10H2,1-2H3. The van der Waals surface area contributed by atoms with E-state index in [1.54, 1.807) is 14.2 Å². The van der Waals surface area contributed by atoms with Gasteiger partial charge in [0.25, 0.3) is 0 Å². The molecule has 1 heterocycles. The van der Waals surface area contributed by atoms with Crippen LogP contribution in [-0.4, -0.2) is 26.9 Å². The number of hydrogen-bond donors (Lipinski definition) is 0. The first-order valence-electron chi connectivity index (χ1n) is 7.22. The monoisotopic (exact) mass is 342 g/mol. The van der Waals surface area contributed by atoms with Crippen molar-refractivity contribution in [3.8, 4) is 11.5 Å². The van der Waals surface area contributed by atoms with E-state index >= 15 is 0 Å². The summed E-state index contributed by atoms with van der Waals surface area (Å²) in [4.78, 5) is 0.327. The van der Waals surface area contributed by atoms with Crippen LogP contribution in [0.1, 0.15) is 42.5 Å². The van der Waals surface area contributed by atoms with Crippen molar-refractivity contribution in [1.29, 1.82) is 0 Å². The fourth-order valence-corrected chi connectivity index (χ4v) is 3.13. The van der Waals surface area contributed by atoms with Gasteiger partial charge in [-0.05, 0) is 49.8 Å². The first-order valence-corrected chi connectivity index (χ1v) is 8.13. The minimum absolute atomic E-state index is 0.327. The lowest BCUT2D eigenvalue weighted by atomic mass is 10.0. The van der Waals surface area contributed by atoms with Crippen molar-refractivity contribution in [3.05, 3.63) is 23.8 Å². The van der Waals surface area contributed by atoms with Crippen LogP contribution in [0.4, 0.5) is 0 Å². The zero-order valence-electron chi connectivity index (χ0n) is 12.2. The first-order chi connectivity index (χ1) is 9.74. The Hall–Kier alpha value is -0.740. The van der Waals surface area contributed by atoms with Crippen molar-refractivity contribution in [3.63, 3.8) is 0 Å². The highest BCUT2D eigenvalue weighted by atomic mass is 79.9. The van der Waals surface area contributed by atoms with Gasteiger partial charge in [0.15, 0.2) is 11.5 Å². The van der Waals surface area contributed by atoms with Crippen LogP contribution in [0.3, 0.4) is 0 Å². The Labute approximate surface area is 129 Å². The molecule has 0 radical (unpaired) electrons. The molecule has 3 nitrogen and oxygen atoms in total. The Bertz CT molecular complexity index is 416. The lowest BCUT2D eigenvalue weighted by Gasteiger charge is -2.23. The summed E-state index contributed by atoms with van der Waals surface area (Å²) in [6.45, 7) is 0.925. The first kappa shape index (κ1) is 15.6. The van der Waals surface area contributed by atoms with E-state index in [0.717, 1.165) is 30.9 Å². The van der Waals surface area contributed by atoms with Gasteiger partial charge in [-0.3, -0.25) is 0 Å². The van der Waals surface area contributed by atoms with Gasteiger partial charge in [0.2, 0.25) is 0 Å². The summed E-state index contributed by atoms with van der Waals surface area (Å²) in [5.74, 6) is 1.55. The van der Waals surface area contributed by atoms with Gasteiger partial charge in [0.1, 0.15) is 0 Å². The highest BCUT2D eigenvalue weighted by Crippen LogP contribution is 2.35. The Kier molecular flexibility index (Phi) is 6.17. The Balaban J connectivity index is 1.92. The molecule has 1 fully saturated rings. The summed E-state index contributed by atoms with van der Waals surface area (Å²) in [6.07, 6.45) is 6.32. The van der Waals surface area contributed by atoms with E-state index in [4.69, 9.17) is 14.2 Å². The molecule has 0 aliphatic carbocycles. The SMILES string of the molecule is COc1ccc(C(Br)CCC2CCCCO2)cc1OC. The average molecular weight is 343 g/mol. The topological polar surface area (TPSA) is 27.7 Å². The zero-order valence-corrected chi connectivity index (χ0v) is 13.8. The van der Waals surface area contributed by atoms with Crippen molar-refractivity contribution in [2.24, 2.45) is 0 Å². The lowest BCUT2D eigenvalue weighted by molar-refractivity contribution is 0.0102. The van der Waals surface area contributed by atoms with Crippen LogP contribution in [0.5, 0.6) is 11.5 Å². The Morgan fingerprint density at radius 3 is 2.70 bits per heavy atom. The highest BCUT2D eigenvalue weighted by Gasteiger charge is 2.17. The zero-order chi connectivity index (χ0) is 14.4. The van der Waals surface area contributed by atoms with Gasteiger partial charge >= 0.3 is 0 Å². The maximum Gasteiger partial charge on any atom is 0.161 e. The number of halogens is 1. The quantitative estimate of drug-likeness (QED) is 0.713. The van der Waals surface area contributed by atoms with Gasteiger partial charge < -0.3 is 14.2 Å². The summed E-state index contributed by atoms with van der Waals surface area (Å²) < 4.78 is 16.4. The van der Waals surface area contributed by atoms with Crippen LogP contribution in [0.15, 0.2) is 18.2 Å². The minimum atomic E-state index is 0.327. The highest BCUT2D eigenvalue weighted by molar-refractivity contribution is 9.09. The Morgan fingerprint density at radius 1 is 1.25 bits per heavy atom. The lowest BCUT2D eigenvalue weighted by Crippen LogP contribution is -2.19. The summed E-state index contributed by atoms with van der Waals surface area (Å²) >= 11 is 3.77. The number of methoxy groups -OCH3 is 2. The summed E-state index contributed by atoms with van der Waals surface area (Å²) in [5.41, 5.74) is 1.22. The second-order valence-electron chi connectivity index (χ2n) is 5.15. The normalized spacial score (nSPS) is 20.4. The van der Waals surface area contributed by atoms with E-state index in [-0.39, 0.29) is 0 Å². The molecule has 0 bridgehead atoms. The van der Waals surface area contributed by atoms with E-state index in [9.17, 15) is 0 Å². The van der Waals surface area contributed by atoms with Crippen LogP contribution >= 0.6 is 15.9 Å². The maximum absolute atomic E-state index is 5.78. The number of benzene rings is 1. The van der Waals surface area contributed by atoms with E-state index in [2.05, 4.69) is 22.0 Å².